The second-order valence-electron chi connectivity index (χ2n) is 3.94. The molecule has 20 heavy (non-hydrogen) atoms. The van der Waals surface area contributed by atoms with Gasteiger partial charge in [0.05, 0.1) is 18.0 Å². The van der Waals surface area contributed by atoms with Gasteiger partial charge < -0.3 is 10.1 Å². The Hall–Kier alpha value is -0.920. The van der Waals surface area contributed by atoms with Crippen molar-refractivity contribution >= 4 is 60.1 Å². The van der Waals surface area contributed by atoms with E-state index in [0.717, 1.165) is 14.6 Å². The summed E-state index contributed by atoms with van der Waals surface area (Å²) in [5, 5.41) is 3.90. The minimum Gasteiger partial charge on any atom is -0.462 e. The average molecular weight is 420 g/mol. The van der Waals surface area contributed by atoms with Crippen molar-refractivity contribution in [1.29, 1.82) is 0 Å². The van der Waals surface area contributed by atoms with Crippen LogP contribution in [0.4, 0.5) is 10.7 Å². The van der Waals surface area contributed by atoms with Crippen molar-refractivity contribution in [3.63, 3.8) is 0 Å². The standard InChI is InChI=1S/C13H12Br2N2O2S/c1-3-19-13(18)11-7(2)17-20-12(11)16-10-5-4-8(14)6-9(10)15/h4-6,16H,3H2,1-2H3. The molecule has 1 N–H and O–H groups in total. The molecule has 0 aliphatic carbocycles. The fraction of sp³-hybridized carbons (Fsp3) is 0.231. The van der Waals surface area contributed by atoms with Gasteiger partial charge in [0.25, 0.3) is 0 Å². The van der Waals surface area contributed by atoms with Crippen molar-refractivity contribution in [2.75, 3.05) is 11.9 Å². The molecule has 1 aromatic heterocycles. The number of esters is 1. The van der Waals surface area contributed by atoms with E-state index >= 15 is 0 Å². The molecule has 0 aliphatic heterocycles. The number of hydrogen-bond donors (Lipinski definition) is 1. The monoisotopic (exact) mass is 418 g/mol. The molecule has 0 radical (unpaired) electrons. The third kappa shape index (κ3) is 3.39. The molecule has 2 aromatic rings. The molecule has 4 nitrogen and oxygen atoms in total. The Morgan fingerprint density at radius 2 is 2.20 bits per heavy atom. The van der Waals surface area contributed by atoms with Gasteiger partial charge in [0, 0.05) is 8.95 Å². The number of aromatic nitrogens is 1. The van der Waals surface area contributed by atoms with Crippen LogP contribution in [0, 0.1) is 6.92 Å². The second-order valence-corrected chi connectivity index (χ2v) is 6.49. The summed E-state index contributed by atoms with van der Waals surface area (Å²) in [5.74, 6) is -0.352. The van der Waals surface area contributed by atoms with Gasteiger partial charge in [-0.2, -0.15) is 4.37 Å². The molecule has 0 bridgehead atoms. The van der Waals surface area contributed by atoms with Gasteiger partial charge in [0.2, 0.25) is 0 Å². The molecule has 2 rings (SSSR count). The number of nitrogens with zero attached hydrogens (tertiary/aromatic N) is 1. The summed E-state index contributed by atoms with van der Waals surface area (Å²) < 4.78 is 11.1. The summed E-state index contributed by atoms with van der Waals surface area (Å²) in [5.41, 5.74) is 2.03. The lowest BCUT2D eigenvalue weighted by Crippen LogP contribution is -2.07. The van der Waals surface area contributed by atoms with E-state index in [1.165, 1.54) is 11.5 Å². The van der Waals surface area contributed by atoms with Crippen LogP contribution in [0.15, 0.2) is 27.1 Å². The van der Waals surface area contributed by atoms with Crippen LogP contribution < -0.4 is 5.32 Å². The lowest BCUT2D eigenvalue weighted by molar-refractivity contribution is 0.0527. The zero-order chi connectivity index (χ0) is 14.7. The van der Waals surface area contributed by atoms with Crippen molar-refractivity contribution in [3.8, 4) is 0 Å². The highest BCUT2D eigenvalue weighted by Crippen LogP contribution is 2.33. The summed E-state index contributed by atoms with van der Waals surface area (Å²) in [6.07, 6.45) is 0. The molecule has 0 spiro atoms. The van der Waals surface area contributed by atoms with Gasteiger partial charge in [-0.25, -0.2) is 4.79 Å². The number of halogens is 2. The summed E-state index contributed by atoms with van der Waals surface area (Å²) in [4.78, 5) is 12.0. The van der Waals surface area contributed by atoms with Crippen molar-refractivity contribution in [2.24, 2.45) is 0 Å². The van der Waals surface area contributed by atoms with Gasteiger partial charge in [0.1, 0.15) is 10.6 Å². The lowest BCUT2D eigenvalue weighted by atomic mass is 10.2. The molecule has 0 amide bonds. The fourth-order valence-corrected chi connectivity index (χ4v) is 3.56. The van der Waals surface area contributed by atoms with Crippen molar-refractivity contribution in [3.05, 3.63) is 38.4 Å². The maximum atomic E-state index is 12.0. The van der Waals surface area contributed by atoms with E-state index in [0.29, 0.717) is 22.9 Å². The topological polar surface area (TPSA) is 51.2 Å². The predicted molar refractivity (Wildman–Crippen MR) is 87.9 cm³/mol. The third-order valence-corrected chi connectivity index (χ3v) is 4.52. The van der Waals surface area contributed by atoms with Crippen LogP contribution in [-0.4, -0.2) is 16.9 Å². The van der Waals surface area contributed by atoms with Crippen LogP contribution in [0.5, 0.6) is 0 Å². The second kappa shape index (κ2) is 6.69. The first kappa shape index (κ1) is 15.5. The van der Waals surface area contributed by atoms with E-state index in [9.17, 15) is 4.79 Å². The van der Waals surface area contributed by atoms with Gasteiger partial charge in [0.15, 0.2) is 0 Å². The van der Waals surface area contributed by atoms with E-state index in [2.05, 4.69) is 41.6 Å². The van der Waals surface area contributed by atoms with Crippen LogP contribution in [0.2, 0.25) is 0 Å². The Morgan fingerprint density at radius 3 is 2.85 bits per heavy atom. The smallest absolute Gasteiger partial charge is 0.343 e. The molecular weight excluding hydrogens is 408 g/mol. The van der Waals surface area contributed by atoms with E-state index in [-0.39, 0.29) is 5.97 Å². The summed E-state index contributed by atoms with van der Waals surface area (Å²) in [7, 11) is 0. The number of rotatable bonds is 4. The number of nitrogens with one attached hydrogen (secondary N) is 1. The normalized spacial score (nSPS) is 10.4. The minimum absolute atomic E-state index is 0.343. The number of carbonyl (C=O) groups excluding carboxylic acids is 1. The molecule has 0 unspecified atom stereocenters. The van der Waals surface area contributed by atoms with Crippen LogP contribution in [0.1, 0.15) is 23.0 Å². The zero-order valence-corrected chi connectivity index (χ0v) is 14.9. The number of anilines is 2. The summed E-state index contributed by atoms with van der Waals surface area (Å²) in [6, 6.07) is 5.77. The molecule has 0 saturated heterocycles. The third-order valence-electron chi connectivity index (χ3n) is 2.52. The van der Waals surface area contributed by atoms with Crippen molar-refractivity contribution < 1.29 is 9.53 Å². The highest BCUT2D eigenvalue weighted by Gasteiger charge is 2.20. The van der Waals surface area contributed by atoms with Crippen LogP contribution >= 0.6 is 43.4 Å². The zero-order valence-electron chi connectivity index (χ0n) is 10.9. The Bertz CT molecular complexity index is 643. The molecule has 0 fully saturated rings. The predicted octanol–water partition coefficient (Wildman–Crippen LogP) is 4.90. The summed E-state index contributed by atoms with van der Waals surface area (Å²) in [6.45, 7) is 3.92. The highest BCUT2D eigenvalue weighted by molar-refractivity contribution is 9.11. The van der Waals surface area contributed by atoms with Crippen molar-refractivity contribution in [1.82, 2.24) is 4.37 Å². The molecule has 106 valence electrons. The van der Waals surface area contributed by atoms with E-state index in [4.69, 9.17) is 4.74 Å². The number of hydrogen-bond acceptors (Lipinski definition) is 5. The maximum Gasteiger partial charge on any atom is 0.343 e. The first-order valence-corrected chi connectivity index (χ1v) is 8.24. The Kier molecular flexibility index (Phi) is 5.17. The van der Waals surface area contributed by atoms with Crippen molar-refractivity contribution in [2.45, 2.75) is 13.8 Å². The number of benzene rings is 1. The number of carbonyl (C=O) groups is 1. The Morgan fingerprint density at radius 1 is 1.45 bits per heavy atom. The van der Waals surface area contributed by atoms with Gasteiger partial charge in [-0.3, -0.25) is 0 Å². The van der Waals surface area contributed by atoms with Gasteiger partial charge in [-0.1, -0.05) is 15.9 Å². The molecule has 0 atom stereocenters. The van der Waals surface area contributed by atoms with Crippen LogP contribution in [-0.2, 0) is 4.74 Å². The van der Waals surface area contributed by atoms with E-state index < -0.39 is 0 Å². The van der Waals surface area contributed by atoms with Gasteiger partial charge >= 0.3 is 5.97 Å². The number of aryl methyl sites for hydroxylation is 1. The maximum absolute atomic E-state index is 12.0. The average Bonchev–Trinajstić information content (AvgIpc) is 2.74. The molecule has 7 heteroatoms. The van der Waals surface area contributed by atoms with Gasteiger partial charge in [-0.15, -0.1) is 0 Å². The van der Waals surface area contributed by atoms with Crippen LogP contribution in [0.25, 0.3) is 0 Å². The largest absolute Gasteiger partial charge is 0.462 e. The molecule has 0 saturated carbocycles. The Labute approximate surface area is 138 Å². The molecule has 0 aliphatic rings. The quantitative estimate of drug-likeness (QED) is 0.716. The van der Waals surface area contributed by atoms with E-state index in [1.54, 1.807) is 13.8 Å². The summed E-state index contributed by atoms with van der Waals surface area (Å²) >= 11 is 8.13. The molecule has 1 aromatic carbocycles. The number of ether oxygens (including phenoxy) is 1. The first-order valence-electron chi connectivity index (χ1n) is 5.88. The van der Waals surface area contributed by atoms with Crippen LogP contribution in [0.3, 0.4) is 0 Å². The first-order chi connectivity index (χ1) is 9.52. The molecular formula is C13H12Br2N2O2S. The minimum atomic E-state index is -0.352. The fourth-order valence-electron chi connectivity index (χ4n) is 1.61. The van der Waals surface area contributed by atoms with E-state index in [1.807, 2.05) is 18.2 Å². The van der Waals surface area contributed by atoms with Gasteiger partial charge in [-0.05, 0) is 59.5 Å². The highest BCUT2D eigenvalue weighted by atomic mass is 79.9. The SMILES string of the molecule is CCOC(=O)c1c(C)nsc1Nc1ccc(Br)cc1Br. The molecule has 1 heterocycles. The Balaban J connectivity index is 2.32. The lowest BCUT2D eigenvalue weighted by Gasteiger charge is -2.09.